The van der Waals surface area contributed by atoms with E-state index in [0.717, 1.165) is 5.69 Å². The van der Waals surface area contributed by atoms with Gasteiger partial charge in [-0.25, -0.2) is 0 Å². The molecule has 1 atom stereocenters. The molecule has 1 amide bonds. The monoisotopic (exact) mass is 247 g/mol. The Labute approximate surface area is 106 Å². The van der Waals surface area contributed by atoms with Gasteiger partial charge in [0.1, 0.15) is 0 Å². The van der Waals surface area contributed by atoms with Crippen molar-refractivity contribution in [2.24, 2.45) is 0 Å². The van der Waals surface area contributed by atoms with Crippen LogP contribution in [0.1, 0.15) is 26.2 Å². The smallest absolute Gasteiger partial charge is 0.266 e. The Morgan fingerprint density at radius 1 is 1.39 bits per heavy atom. The first-order valence-electron chi connectivity index (χ1n) is 6.22. The highest BCUT2D eigenvalue weighted by atomic mass is 16.3. The number of aliphatic hydroxyl groups is 1. The number of carbonyl (C=O) groups excluding carboxylic acids is 2. The van der Waals surface area contributed by atoms with E-state index in [1.807, 2.05) is 25.1 Å². The second-order valence-electron chi connectivity index (χ2n) is 4.58. The van der Waals surface area contributed by atoms with E-state index in [2.05, 4.69) is 0 Å². The van der Waals surface area contributed by atoms with Crippen molar-refractivity contribution in [1.29, 1.82) is 0 Å². The van der Waals surface area contributed by atoms with E-state index in [4.69, 9.17) is 0 Å². The van der Waals surface area contributed by atoms with E-state index >= 15 is 0 Å². The van der Waals surface area contributed by atoms with Gasteiger partial charge < -0.3 is 10.0 Å². The van der Waals surface area contributed by atoms with Crippen molar-refractivity contribution in [1.82, 2.24) is 0 Å². The van der Waals surface area contributed by atoms with Gasteiger partial charge in [-0.3, -0.25) is 9.59 Å². The molecule has 0 radical (unpaired) electrons. The summed E-state index contributed by atoms with van der Waals surface area (Å²) < 4.78 is 0. The molecule has 1 saturated heterocycles. The normalized spacial score (nSPS) is 23.4. The van der Waals surface area contributed by atoms with E-state index in [1.54, 1.807) is 12.1 Å². The second-order valence-corrected chi connectivity index (χ2v) is 4.58. The maximum atomic E-state index is 12.2. The fourth-order valence-electron chi connectivity index (χ4n) is 2.25. The van der Waals surface area contributed by atoms with Crippen molar-refractivity contribution in [2.45, 2.75) is 31.8 Å². The lowest BCUT2D eigenvalue weighted by atomic mass is 9.93. The summed E-state index contributed by atoms with van der Waals surface area (Å²) >= 11 is 0. The molecule has 0 spiro atoms. The van der Waals surface area contributed by atoms with Crippen LogP contribution in [-0.2, 0) is 9.59 Å². The van der Waals surface area contributed by atoms with Gasteiger partial charge in [0.25, 0.3) is 5.91 Å². The predicted molar refractivity (Wildman–Crippen MR) is 68.3 cm³/mol. The van der Waals surface area contributed by atoms with Crippen LogP contribution in [0.3, 0.4) is 0 Å². The molecule has 1 N–H and O–H groups in total. The molecule has 1 aliphatic heterocycles. The molecule has 0 saturated carbocycles. The van der Waals surface area contributed by atoms with E-state index in [9.17, 15) is 14.7 Å². The molecule has 4 nitrogen and oxygen atoms in total. The van der Waals surface area contributed by atoms with Gasteiger partial charge in [-0.05, 0) is 18.6 Å². The summed E-state index contributed by atoms with van der Waals surface area (Å²) in [7, 11) is 0. The number of hydrogen-bond donors (Lipinski definition) is 1. The molecule has 1 fully saturated rings. The molecule has 2 rings (SSSR count). The lowest BCUT2D eigenvalue weighted by Gasteiger charge is -2.21. The Hall–Kier alpha value is -1.68. The lowest BCUT2D eigenvalue weighted by Crippen LogP contribution is -2.46. The van der Waals surface area contributed by atoms with Crippen molar-refractivity contribution in [2.75, 3.05) is 11.4 Å². The molecule has 0 unspecified atom stereocenters. The van der Waals surface area contributed by atoms with Crippen LogP contribution in [0.2, 0.25) is 0 Å². The van der Waals surface area contributed by atoms with Crippen molar-refractivity contribution in [3.05, 3.63) is 30.3 Å². The minimum absolute atomic E-state index is 0.180. The number of nitrogens with zero attached hydrogens (tertiary/aromatic N) is 1. The van der Waals surface area contributed by atoms with Crippen LogP contribution in [0.25, 0.3) is 0 Å². The average Bonchev–Trinajstić information content (AvgIpc) is 2.69. The molecule has 4 heteroatoms. The minimum atomic E-state index is -1.81. The number of rotatable bonds is 4. The van der Waals surface area contributed by atoms with E-state index in [1.165, 1.54) is 4.90 Å². The molecule has 18 heavy (non-hydrogen) atoms. The summed E-state index contributed by atoms with van der Waals surface area (Å²) in [5.41, 5.74) is -1.09. The van der Waals surface area contributed by atoms with Crippen LogP contribution in [0.15, 0.2) is 30.3 Å². The van der Waals surface area contributed by atoms with Crippen molar-refractivity contribution < 1.29 is 14.7 Å². The zero-order valence-corrected chi connectivity index (χ0v) is 10.4. The molecule has 0 aromatic heterocycles. The third-order valence-electron chi connectivity index (χ3n) is 3.30. The number of para-hydroxylation sites is 1. The van der Waals surface area contributed by atoms with E-state index in [-0.39, 0.29) is 18.6 Å². The number of Topliss-reactive ketones (excluding diaryl/α,β-unsaturated/α-hetero) is 1. The first kappa shape index (κ1) is 12.8. The molecule has 1 aromatic carbocycles. The SMILES string of the molecule is CCCC(=O)[C@@]1(O)CCN(c2ccccc2)C1=O. The van der Waals surface area contributed by atoms with Crippen LogP contribution >= 0.6 is 0 Å². The molecular formula is C14H17NO3. The molecule has 96 valence electrons. The van der Waals surface area contributed by atoms with Crippen LogP contribution < -0.4 is 4.90 Å². The number of hydrogen-bond acceptors (Lipinski definition) is 3. The van der Waals surface area contributed by atoms with Crippen molar-refractivity contribution in [3.8, 4) is 0 Å². The van der Waals surface area contributed by atoms with E-state index in [0.29, 0.717) is 13.0 Å². The van der Waals surface area contributed by atoms with Crippen LogP contribution in [0.5, 0.6) is 0 Å². The Bertz CT molecular complexity index is 457. The van der Waals surface area contributed by atoms with Gasteiger partial charge in [0.2, 0.25) is 5.60 Å². The molecule has 0 aliphatic carbocycles. The van der Waals surface area contributed by atoms with Crippen molar-refractivity contribution >= 4 is 17.4 Å². The molecule has 1 aliphatic rings. The summed E-state index contributed by atoms with van der Waals surface area (Å²) in [4.78, 5) is 25.5. The fraction of sp³-hybridized carbons (Fsp3) is 0.429. The minimum Gasteiger partial charge on any atom is -0.373 e. The van der Waals surface area contributed by atoms with E-state index < -0.39 is 11.5 Å². The first-order valence-corrected chi connectivity index (χ1v) is 6.22. The topological polar surface area (TPSA) is 57.6 Å². The standard InChI is InChI=1S/C14H17NO3/c1-2-6-12(16)14(18)9-10-15(13(14)17)11-7-4-3-5-8-11/h3-5,7-8,18H,2,6,9-10H2,1H3/t14-/m0/s1. The number of amides is 1. The zero-order valence-electron chi connectivity index (χ0n) is 10.4. The molecule has 1 aromatic rings. The first-order chi connectivity index (χ1) is 8.59. The van der Waals surface area contributed by atoms with Gasteiger partial charge in [0.05, 0.1) is 0 Å². The Morgan fingerprint density at radius 2 is 2.06 bits per heavy atom. The summed E-state index contributed by atoms with van der Waals surface area (Å²) in [5.74, 6) is -0.861. The molecular weight excluding hydrogens is 230 g/mol. The lowest BCUT2D eigenvalue weighted by molar-refractivity contribution is -0.147. The van der Waals surface area contributed by atoms with Crippen LogP contribution in [-0.4, -0.2) is 28.9 Å². The van der Waals surface area contributed by atoms with Gasteiger partial charge in [0, 0.05) is 25.1 Å². The summed E-state index contributed by atoms with van der Waals surface area (Å²) in [6.07, 6.45) is 1.06. The Morgan fingerprint density at radius 3 is 2.67 bits per heavy atom. The fourth-order valence-corrected chi connectivity index (χ4v) is 2.25. The zero-order chi connectivity index (χ0) is 13.2. The number of anilines is 1. The quantitative estimate of drug-likeness (QED) is 0.821. The van der Waals surface area contributed by atoms with Gasteiger partial charge >= 0.3 is 0 Å². The maximum Gasteiger partial charge on any atom is 0.266 e. The van der Waals surface area contributed by atoms with Gasteiger partial charge in [-0.1, -0.05) is 25.1 Å². The average molecular weight is 247 g/mol. The Kier molecular flexibility index (Phi) is 3.48. The largest absolute Gasteiger partial charge is 0.373 e. The number of benzene rings is 1. The third-order valence-corrected chi connectivity index (χ3v) is 3.30. The number of carbonyl (C=O) groups is 2. The van der Waals surface area contributed by atoms with Crippen LogP contribution in [0, 0.1) is 0 Å². The summed E-state index contributed by atoms with van der Waals surface area (Å²) in [5, 5.41) is 10.3. The summed E-state index contributed by atoms with van der Waals surface area (Å²) in [6.45, 7) is 2.24. The van der Waals surface area contributed by atoms with Gasteiger partial charge in [-0.15, -0.1) is 0 Å². The number of ketones is 1. The Balaban J connectivity index is 2.22. The predicted octanol–water partition coefficient (Wildman–Crippen LogP) is 1.52. The third kappa shape index (κ3) is 2.04. The molecule has 1 heterocycles. The second kappa shape index (κ2) is 4.90. The van der Waals surface area contributed by atoms with Gasteiger partial charge in [-0.2, -0.15) is 0 Å². The molecule has 0 bridgehead atoms. The van der Waals surface area contributed by atoms with Crippen molar-refractivity contribution in [3.63, 3.8) is 0 Å². The maximum absolute atomic E-state index is 12.2. The van der Waals surface area contributed by atoms with Crippen LogP contribution in [0.4, 0.5) is 5.69 Å². The highest BCUT2D eigenvalue weighted by Crippen LogP contribution is 2.29. The highest BCUT2D eigenvalue weighted by Gasteiger charge is 2.50. The highest BCUT2D eigenvalue weighted by molar-refractivity contribution is 6.16. The summed E-state index contributed by atoms with van der Waals surface area (Å²) in [6, 6.07) is 9.11. The van der Waals surface area contributed by atoms with Gasteiger partial charge in [0.15, 0.2) is 5.78 Å².